The van der Waals surface area contributed by atoms with Gasteiger partial charge in [0.15, 0.2) is 6.61 Å². The van der Waals surface area contributed by atoms with Gasteiger partial charge in [0.2, 0.25) is 0 Å². The van der Waals surface area contributed by atoms with E-state index in [1.54, 1.807) is 46.9 Å². The monoisotopic (exact) mass is 426 g/mol. The van der Waals surface area contributed by atoms with Crippen LogP contribution in [0, 0.1) is 0 Å². The minimum Gasteiger partial charge on any atom is -0.452 e. The number of carbonyl (C=O) groups excluding carboxylic acids is 2. The highest BCUT2D eigenvalue weighted by molar-refractivity contribution is 7.12. The Kier molecular flexibility index (Phi) is 5.84. The summed E-state index contributed by atoms with van der Waals surface area (Å²) < 4.78 is 5.21. The van der Waals surface area contributed by atoms with Crippen LogP contribution in [0.1, 0.15) is 38.1 Å². The van der Waals surface area contributed by atoms with Crippen LogP contribution >= 0.6 is 22.7 Å². The number of nitrogens with zero attached hydrogens (tertiary/aromatic N) is 2. The van der Waals surface area contributed by atoms with Crippen LogP contribution in [-0.4, -0.2) is 34.3 Å². The summed E-state index contributed by atoms with van der Waals surface area (Å²) in [4.78, 5) is 27.1. The Bertz CT molecular complexity index is 1010. The number of amides is 1. The van der Waals surface area contributed by atoms with E-state index in [1.807, 2.05) is 35.0 Å². The highest BCUT2D eigenvalue weighted by Gasteiger charge is 2.34. The van der Waals surface area contributed by atoms with Crippen molar-refractivity contribution in [2.45, 2.75) is 19.1 Å². The van der Waals surface area contributed by atoms with E-state index in [9.17, 15) is 9.59 Å². The largest absolute Gasteiger partial charge is 0.452 e. The van der Waals surface area contributed by atoms with Gasteiger partial charge in [-0.25, -0.2) is 9.80 Å². The van der Waals surface area contributed by atoms with Gasteiger partial charge < -0.3 is 9.84 Å². The lowest BCUT2D eigenvalue weighted by Crippen LogP contribution is -2.31. The van der Waals surface area contributed by atoms with Gasteiger partial charge in [-0.15, -0.1) is 22.7 Å². The smallest absolute Gasteiger partial charge is 0.338 e. The number of aliphatic hydroxyl groups excluding tert-OH is 1. The van der Waals surface area contributed by atoms with E-state index < -0.39 is 5.97 Å². The molecule has 0 saturated heterocycles. The highest BCUT2D eigenvalue weighted by Crippen LogP contribution is 2.35. The van der Waals surface area contributed by atoms with Gasteiger partial charge in [-0.05, 0) is 40.6 Å². The molecular formula is C21H18N2O4S2. The third-order valence-corrected chi connectivity index (χ3v) is 6.43. The van der Waals surface area contributed by atoms with Crippen molar-refractivity contribution in [2.75, 3.05) is 6.61 Å². The molecule has 1 atom stereocenters. The van der Waals surface area contributed by atoms with Crippen molar-refractivity contribution in [2.24, 2.45) is 5.10 Å². The van der Waals surface area contributed by atoms with Crippen LogP contribution in [0.3, 0.4) is 0 Å². The van der Waals surface area contributed by atoms with Crippen LogP contribution in [0.4, 0.5) is 0 Å². The number of hydrogen-bond donors (Lipinski definition) is 1. The molecular weight excluding hydrogens is 408 g/mol. The van der Waals surface area contributed by atoms with E-state index in [2.05, 4.69) is 5.10 Å². The summed E-state index contributed by atoms with van der Waals surface area (Å²) in [5, 5.41) is 19.0. The van der Waals surface area contributed by atoms with Crippen LogP contribution in [0.5, 0.6) is 0 Å². The number of rotatable bonds is 6. The van der Waals surface area contributed by atoms with Crippen LogP contribution < -0.4 is 0 Å². The fraction of sp³-hybridized carbons (Fsp3) is 0.190. The maximum atomic E-state index is 12.8. The minimum absolute atomic E-state index is 0.0997. The third kappa shape index (κ3) is 4.29. The molecule has 0 saturated carbocycles. The van der Waals surface area contributed by atoms with Crippen molar-refractivity contribution >= 4 is 40.3 Å². The van der Waals surface area contributed by atoms with Crippen LogP contribution in [0.15, 0.2) is 64.4 Å². The van der Waals surface area contributed by atoms with Crippen molar-refractivity contribution in [1.29, 1.82) is 0 Å². The summed E-state index contributed by atoms with van der Waals surface area (Å²) >= 11 is 3.16. The van der Waals surface area contributed by atoms with E-state index in [-0.39, 0.29) is 25.2 Å². The Morgan fingerprint density at radius 2 is 1.86 bits per heavy atom. The quantitative estimate of drug-likeness (QED) is 0.608. The van der Waals surface area contributed by atoms with Crippen LogP contribution in [0.25, 0.3) is 0 Å². The van der Waals surface area contributed by atoms with E-state index in [4.69, 9.17) is 9.84 Å². The normalized spacial score (nSPS) is 16.0. The molecule has 0 bridgehead atoms. The van der Waals surface area contributed by atoms with Gasteiger partial charge in [0.05, 0.1) is 28.8 Å². The minimum atomic E-state index is -0.586. The van der Waals surface area contributed by atoms with Crippen LogP contribution in [0.2, 0.25) is 0 Å². The van der Waals surface area contributed by atoms with Gasteiger partial charge in [0.25, 0.3) is 5.91 Å². The Balaban J connectivity index is 1.46. The van der Waals surface area contributed by atoms with Crippen molar-refractivity contribution in [3.63, 3.8) is 0 Å². The molecule has 0 spiro atoms. The topological polar surface area (TPSA) is 79.2 Å². The lowest BCUT2D eigenvalue weighted by atomic mass is 10.1. The molecule has 6 nitrogen and oxygen atoms in total. The zero-order chi connectivity index (χ0) is 20.2. The average Bonchev–Trinajstić information content (AvgIpc) is 3.51. The second-order valence-electron chi connectivity index (χ2n) is 6.43. The number of hydrazone groups is 1. The molecule has 1 aliphatic rings. The Morgan fingerprint density at radius 3 is 2.52 bits per heavy atom. The van der Waals surface area contributed by atoms with Crippen LogP contribution in [-0.2, 0) is 16.1 Å². The zero-order valence-corrected chi connectivity index (χ0v) is 17.0. The SMILES string of the molecule is O=C(OCC(=O)N1N=C(c2cccs2)CC1c1cccs1)c1ccc(CO)cc1. The van der Waals surface area contributed by atoms with Gasteiger partial charge in [-0.3, -0.25) is 4.79 Å². The molecule has 29 heavy (non-hydrogen) atoms. The van der Waals surface area contributed by atoms with Gasteiger partial charge >= 0.3 is 5.97 Å². The molecule has 3 heterocycles. The van der Waals surface area contributed by atoms with E-state index in [0.29, 0.717) is 17.5 Å². The first kappa shape index (κ1) is 19.5. The standard InChI is InChI=1S/C21H18N2O4S2/c24-12-14-5-7-15(8-6-14)21(26)27-13-20(25)23-17(19-4-2-10-29-19)11-16(22-23)18-3-1-9-28-18/h1-10,17,24H,11-13H2. The molecule has 1 aliphatic heterocycles. The van der Waals surface area contributed by atoms with E-state index in [1.165, 1.54) is 5.01 Å². The summed E-state index contributed by atoms with van der Waals surface area (Å²) in [5.41, 5.74) is 1.88. The molecule has 0 aliphatic carbocycles. The molecule has 2 aromatic heterocycles. The maximum absolute atomic E-state index is 12.8. The van der Waals surface area contributed by atoms with Gasteiger partial charge in [-0.1, -0.05) is 24.3 Å². The number of hydrogen-bond acceptors (Lipinski definition) is 7. The highest BCUT2D eigenvalue weighted by atomic mass is 32.1. The first-order chi connectivity index (χ1) is 14.2. The molecule has 4 rings (SSSR count). The predicted octanol–water partition coefficient (Wildman–Crippen LogP) is 3.84. The molecule has 0 radical (unpaired) electrons. The molecule has 8 heteroatoms. The van der Waals surface area contributed by atoms with E-state index >= 15 is 0 Å². The second kappa shape index (κ2) is 8.69. The lowest BCUT2D eigenvalue weighted by molar-refractivity contribution is -0.136. The molecule has 1 aromatic carbocycles. The summed E-state index contributed by atoms with van der Waals surface area (Å²) in [6.07, 6.45) is 0.628. The third-order valence-electron chi connectivity index (χ3n) is 4.54. The van der Waals surface area contributed by atoms with Gasteiger partial charge in [-0.2, -0.15) is 5.10 Å². The average molecular weight is 427 g/mol. The van der Waals surface area contributed by atoms with Gasteiger partial charge in [0, 0.05) is 11.3 Å². The number of thiophene rings is 2. The molecule has 1 amide bonds. The Labute approximate surface area is 175 Å². The molecule has 148 valence electrons. The summed E-state index contributed by atoms with van der Waals surface area (Å²) in [7, 11) is 0. The second-order valence-corrected chi connectivity index (χ2v) is 8.36. The van der Waals surface area contributed by atoms with Gasteiger partial charge in [0.1, 0.15) is 0 Å². The summed E-state index contributed by atoms with van der Waals surface area (Å²) in [6.45, 7) is -0.485. The van der Waals surface area contributed by atoms with Crippen molar-refractivity contribution < 1.29 is 19.4 Å². The Morgan fingerprint density at radius 1 is 1.10 bits per heavy atom. The number of ether oxygens (including phenoxy) is 1. The van der Waals surface area contributed by atoms with Crippen molar-refractivity contribution in [3.8, 4) is 0 Å². The summed E-state index contributed by atoms with van der Waals surface area (Å²) in [5.74, 6) is -0.951. The van der Waals surface area contributed by atoms with Crippen molar-refractivity contribution in [1.82, 2.24) is 5.01 Å². The first-order valence-electron chi connectivity index (χ1n) is 8.99. The summed E-state index contributed by atoms with van der Waals surface area (Å²) in [6, 6.07) is 14.1. The predicted molar refractivity (Wildman–Crippen MR) is 112 cm³/mol. The number of esters is 1. The first-order valence-corrected chi connectivity index (χ1v) is 10.8. The fourth-order valence-corrected chi connectivity index (χ4v) is 4.59. The van der Waals surface area contributed by atoms with Crippen molar-refractivity contribution in [3.05, 3.63) is 80.2 Å². The molecule has 3 aromatic rings. The molecule has 1 unspecified atom stereocenters. The lowest BCUT2D eigenvalue weighted by Gasteiger charge is -2.20. The molecule has 0 fully saturated rings. The fourth-order valence-electron chi connectivity index (χ4n) is 3.06. The number of carbonyl (C=O) groups is 2. The maximum Gasteiger partial charge on any atom is 0.338 e. The molecule has 1 N–H and O–H groups in total. The number of benzene rings is 1. The zero-order valence-electron chi connectivity index (χ0n) is 15.4. The number of aliphatic hydroxyl groups is 1. The Hall–Kier alpha value is -2.81. The van der Waals surface area contributed by atoms with E-state index in [0.717, 1.165) is 15.5 Å².